The van der Waals surface area contributed by atoms with Crippen LogP contribution in [0.25, 0.3) is 0 Å². The van der Waals surface area contributed by atoms with E-state index in [9.17, 15) is 0 Å². The summed E-state index contributed by atoms with van der Waals surface area (Å²) in [6, 6.07) is 16.1. The highest BCUT2D eigenvalue weighted by Gasteiger charge is 2.29. The van der Waals surface area contributed by atoms with Crippen molar-refractivity contribution < 1.29 is 14.0 Å². The van der Waals surface area contributed by atoms with Gasteiger partial charge in [-0.25, -0.2) is 4.98 Å². The van der Waals surface area contributed by atoms with E-state index in [2.05, 4.69) is 32.2 Å². The summed E-state index contributed by atoms with van der Waals surface area (Å²) in [5.41, 5.74) is 2.14. The van der Waals surface area contributed by atoms with Gasteiger partial charge in [-0.05, 0) is 31.0 Å². The highest BCUT2D eigenvalue weighted by atomic mass is 16.5. The van der Waals surface area contributed by atoms with E-state index in [-0.39, 0.29) is 6.04 Å². The lowest BCUT2D eigenvalue weighted by Gasteiger charge is -2.33. The predicted octanol–water partition coefficient (Wildman–Crippen LogP) is 3.96. The van der Waals surface area contributed by atoms with Gasteiger partial charge in [-0.1, -0.05) is 48.0 Å². The smallest absolute Gasteiger partial charge is 0.244 e. The highest BCUT2D eigenvalue weighted by molar-refractivity contribution is 5.16. The molecule has 3 heterocycles. The fraction of sp³-hybridized carbons (Fsp3) is 0.435. The van der Waals surface area contributed by atoms with E-state index in [1.165, 1.54) is 0 Å². The summed E-state index contributed by atoms with van der Waals surface area (Å²) in [6.07, 6.45) is 3.97. The summed E-state index contributed by atoms with van der Waals surface area (Å²) >= 11 is 0. The second-order valence-corrected chi connectivity index (χ2v) is 7.49. The average Bonchev–Trinajstić information content (AvgIpc) is 3.27. The lowest BCUT2D eigenvalue weighted by molar-refractivity contribution is 0.110. The first-order valence-electron chi connectivity index (χ1n) is 10.5. The zero-order valence-electron chi connectivity index (χ0n) is 17.4. The molecule has 0 aliphatic carbocycles. The van der Waals surface area contributed by atoms with Gasteiger partial charge in [0.1, 0.15) is 0 Å². The molecule has 158 valence electrons. The third kappa shape index (κ3) is 5.43. The van der Waals surface area contributed by atoms with Crippen molar-refractivity contribution >= 4 is 0 Å². The normalized spacial score (nSPS) is 17.2. The maximum atomic E-state index is 5.75. The maximum absolute atomic E-state index is 5.75. The average molecular weight is 409 g/mol. The van der Waals surface area contributed by atoms with Gasteiger partial charge in [0.15, 0.2) is 5.82 Å². The Kier molecular flexibility index (Phi) is 7.05. The number of nitrogens with zero attached hydrogens (tertiary/aromatic N) is 4. The summed E-state index contributed by atoms with van der Waals surface area (Å²) in [6.45, 7) is 2.88. The lowest BCUT2D eigenvalue weighted by atomic mass is 10.0. The van der Waals surface area contributed by atoms with Crippen LogP contribution in [-0.4, -0.2) is 40.3 Å². The molecule has 1 unspecified atom stereocenters. The van der Waals surface area contributed by atoms with Crippen LogP contribution < -0.4 is 4.74 Å². The quantitative estimate of drug-likeness (QED) is 0.496. The molecular formula is C23H28N4O3. The second-order valence-electron chi connectivity index (χ2n) is 7.49. The van der Waals surface area contributed by atoms with Crippen molar-refractivity contribution in [3.63, 3.8) is 0 Å². The Morgan fingerprint density at radius 3 is 2.83 bits per heavy atom. The molecule has 0 bridgehead atoms. The molecule has 30 heavy (non-hydrogen) atoms. The minimum atomic E-state index is 0.123. The van der Waals surface area contributed by atoms with Crippen LogP contribution in [0.5, 0.6) is 5.88 Å². The van der Waals surface area contributed by atoms with E-state index in [0.29, 0.717) is 37.2 Å². The Hall–Kier alpha value is -2.77. The van der Waals surface area contributed by atoms with E-state index in [1.807, 2.05) is 36.4 Å². The highest BCUT2D eigenvalue weighted by Crippen LogP contribution is 2.31. The van der Waals surface area contributed by atoms with Gasteiger partial charge in [0, 0.05) is 19.0 Å². The van der Waals surface area contributed by atoms with Crippen LogP contribution in [-0.2, 0) is 24.3 Å². The molecule has 0 N–H and O–H groups in total. The number of benzene rings is 1. The first-order chi connectivity index (χ1) is 14.8. The van der Waals surface area contributed by atoms with Gasteiger partial charge >= 0.3 is 0 Å². The van der Waals surface area contributed by atoms with Crippen molar-refractivity contribution in [1.82, 2.24) is 20.0 Å². The molecule has 1 aliphatic rings. The minimum absolute atomic E-state index is 0.123. The molecule has 7 nitrogen and oxygen atoms in total. The number of rotatable bonds is 9. The van der Waals surface area contributed by atoms with Crippen molar-refractivity contribution in [2.45, 2.75) is 44.9 Å². The monoisotopic (exact) mass is 408 g/mol. The topological polar surface area (TPSA) is 73.5 Å². The number of likely N-dealkylation sites (tertiary alicyclic amines) is 1. The molecule has 1 fully saturated rings. The van der Waals surface area contributed by atoms with Crippen LogP contribution in [0.4, 0.5) is 0 Å². The van der Waals surface area contributed by atoms with Crippen LogP contribution in [0, 0.1) is 0 Å². The van der Waals surface area contributed by atoms with Crippen molar-refractivity contribution in [2.75, 3.05) is 20.3 Å². The number of piperidine rings is 1. The first-order valence-corrected chi connectivity index (χ1v) is 10.5. The maximum Gasteiger partial charge on any atom is 0.244 e. The second kappa shape index (κ2) is 10.3. The van der Waals surface area contributed by atoms with Crippen LogP contribution >= 0.6 is 0 Å². The first kappa shape index (κ1) is 20.5. The van der Waals surface area contributed by atoms with E-state index in [4.69, 9.17) is 14.0 Å². The summed E-state index contributed by atoms with van der Waals surface area (Å²) in [7, 11) is 1.64. The van der Waals surface area contributed by atoms with Crippen LogP contribution in [0.15, 0.2) is 53.1 Å². The molecule has 0 radical (unpaired) electrons. The van der Waals surface area contributed by atoms with Crippen molar-refractivity contribution in [3.8, 4) is 5.88 Å². The van der Waals surface area contributed by atoms with Crippen molar-refractivity contribution in [3.05, 3.63) is 71.5 Å². The molecule has 0 spiro atoms. The van der Waals surface area contributed by atoms with Crippen LogP contribution in [0.1, 0.15) is 48.3 Å². The third-order valence-corrected chi connectivity index (χ3v) is 5.32. The Balaban J connectivity index is 1.33. The Bertz CT molecular complexity index is 916. The molecule has 2 aromatic heterocycles. The number of ether oxygens (including phenoxy) is 2. The van der Waals surface area contributed by atoms with Crippen molar-refractivity contribution in [1.29, 1.82) is 0 Å². The predicted molar refractivity (Wildman–Crippen MR) is 112 cm³/mol. The van der Waals surface area contributed by atoms with Gasteiger partial charge in [0.25, 0.3) is 0 Å². The standard InChI is InChI=1S/C23H28N4O3/c1-28-22-12-7-10-19(24-22)16-27-14-6-5-11-20(27)23-25-21(26-30-23)13-15-29-17-18-8-3-2-4-9-18/h2-4,7-10,12,20H,5-6,11,13-17H2,1H3. The Morgan fingerprint density at radius 2 is 1.97 bits per heavy atom. The minimum Gasteiger partial charge on any atom is -0.481 e. The molecule has 3 aromatic rings. The third-order valence-electron chi connectivity index (χ3n) is 5.32. The van der Waals surface area contributed by atoms with Gasteiger partial charge in [-0.15, -0.1) is 0 Å². The number of pyridine rings is 1. The largest absolute Gasteiger partial charge is 0.481 e. The molecule has 7 heteroatoms. The Labute approximate surface area is 177 Å². The lowest BCUT2D eigenvalue weighted by Crippen LogP contribution is -2.33. The number of aromatic nitrogens is 3. The van der Waals surface area contributed by atoms with E-state index in [0.717, 1.165) is 43.6 Å². The summed E-state index contributed by atoms with van der Waals surface area (Å²) in [4.78, 5) is 11.6. The van der Waals surface area contributed by atoms with Gasteiger partial charge in [0.2, 0.25) is 11.8 Å². The van der Waals surface area contributed by atoms with Crippen molar-refractivity contribution in [2.24, 2.45) is 0 Å². The van der Waals surface area contributed by atoms with Gasteiger partial charge < -0.3 is 14.0 Å². The van der Waals surface area contributed by atoms with E-state index >= 15 is 0 Å². The van der Waals surface area contributed by atoms with Crippen LogP contribution in [0.3, 0.4) is 0 Å². The zero-order valence-corrected chi connectivity index (χ0v) is 17.4. The summed E-state index contributed by atoms with van der Waals surface area (Å²) in [5, 5.41) is 4.18. The summed E-state index contributed by atoms with van der Waals surface area (Å²) < 4.78 is 16.6. The fourth-order valence-electron chi connectivity index (χ4n) is 3.76. The zero-order chi connectivity index (χ0) is 20.6. The number of hydrogen-bond acceptors (Lipinski definition) is 7. The number of methoxy groups -OCH3 is 1. The van der Waals surface area contributed by atoms with Crippen LogP contribution in [0.2, 0.25) is 0 Å². The SMILES string of the molecule is COc1cccc(CN2CCCCC2c2nc(CCOCc3ccccc3)no2)n1. The fourth-order valence-corrected chi connectivity index (χ4v) is 3.76. The molecule has 1 atom stereocenters. The Morgan fingerprint density at radius 1 is 1.07 bits per heavy atom. The summed E-state index contributed by atoms with van der Waals surface area (Å²) in [5.74, 6) is 2.02. The number of hydrogen-bond donors (Lipinski definition) is 0. The molecular weight excluding hydrogens is 380 g/mol. The molecule has 1 saturated heterocycles. The molecule has 1 aromatic carbocycles. The molecule has 0 amide bonds. The van der Waals surface area contributed by atoms with Gasteiger partial charge in [-0.2, -0.15) is 4.98 Å². The molecule has 0 saturated carbocycles. The van der Waals surface area contributed by atoms with Gasteiger partial charge in [0.05, 0.1) is 32.1 Å². The van der Waals surface area contributed by atoms with E-state index < -0.39 is 0 Å². The van der Waals surface area contributed by atoms with E-state index in [1.54, 1.807) is 7.11 Å². The molecule has 1 aliphatic heterocycles. The molecule has 4 rings (SSSR count). The van der Waals surface area contributed by atoms with Gasteiger partial charge in [-0.3, -0.25) is 4.90 Å².